The van der Waals surface area contributed by atoms with Crippen molar-refractivity contribution >= 4 is 15.7 Å². The maximum absolute atomic E-state index is 12.1. The number of aromatic nitrogens is 2. The highest BCUT2D eigenvalue weighted by Gasteiger charge is 2.25. The van der Waals surface area contributed by atoms with Crippen LogP contribution in [0.1, 0.15) is 17.9 Å². The van der Waals surface area contributed by atoms with Gasteiger partial charge in [-0.25, -0.2) is 13.4 Å². The van der Waals surface area contributed by atoms with Crippen molar-refractivity contribution in [1.82, 2.24) is 19.8 Å². The third-order valence-electron chi connectivity index (χ3n) is 4.28. The first-order chi connectivity index (χ1) is 10.4. The molecular weight excluding hydrogens is 304 g/mol. The molecule has 7 nitrogen and oxygen atoms in total. The Balaban J connectivity index is 1.49. The fourth-order valence-electron chi connectivity index (χ4n) is 3.09. The average Bonchev–Trinajstić information content (AvgIpc) is 2.80. The molecule has 2 aliphatic rings. The van der Waals surface area contributed by atoms with Gasteiger partial charge in [0.15, 0.2) is 9.84 Å². The number of sulfone groups is 1. The van der Waals surface area contributed by atoms with Crippen LogP contribution in [-0.2, 0) is 27.6 Å². The van der Waals surface area contributed by atoms with Crippen LogP contribution in [-0.4, -0.2) is 66.0 Å². The fraction of sp³-hybridized carbons (Fsp3) is 0.714. The van der Waals surface area contributed by atoms with Gasteiger partial charge in [-0.1, -0.05) is 0 Å². The van der Waals surface area contributed by atoms with E-state index in [1.165, 1.54) is 0 Å². The second-order valence-corrected chi connectivity index (χ2v) is 8.49. The topological polar surface area (TPSA) is 84.3 Å². The lowest BCUT2D eigenvalue weighted by Crippen LogP contribution is -2.48. The van der Waals surface area contributed by atoms with Gasteiger partial charge in [0, 0.05) is 38.3 Å². The third kappa shape index (κ3) is 3.67. The number of aryl methyl sites for hydroxylation is 2. The van der Waals surface area contributed by atoms with Crippen LogP contribution in [0.2, 0.25) is 0 Å². The molecular formula is C14H22N4O3S. The average molecular weight is 326 g/mol. The molecule has 0 bridgehead atoms. The summed E-state index contributed by atoms with van der Waals surface area (Å²) in [5.41, 5.74) is 1.01. The molecule has 122 valence electrons. The number of fused-ring (bicyclic) bond motifs is 1. The van der Waals surface area contributed by atoms with Crippen molar-refractivity contribution < 1.29 is 13.2 Å². The maximum atomic E-state index is 12.1. The van der Waals surface area contributed by atoms with E-state index < -0.39 is 9.84 Å². The molecule has 1 atom stereocenters. The summed E-state index contributed by atoms with van der Waals surface area (Å²) in [4.78, 5) is 18.5. The molecule has 1 amide bonds. The summed E-state index contributed by atoms with van der Waals surface area (Å²) in [6, 6.07) is 0.127. The highest BCUT2D eigenvalue weighted by atomic mass is 32.2. The molecule has 0 spiro atoms. The first kappa shape index (κ1) is 15.5. The number of rotatable bonds is 3. The van der Waals surface area contributed by atoms with E-state index >= 15 is 0 Å². The molecule has 3 rings (SSSR count). The molecule has 2 aliphatic heterocycles. The Morgan fingerprint density at radius 3 is 2.86 bits per heavy atom. The van der Waals surface area contributed by atoms with Crippen molar-refractivity contribution in [2.45, 2.75) is 32.4 Å². The predicted molar refractivity (Wildman–Crippen MR) is 82.3 cm³/mol. The van der Waals surface area contributed by atoms with Crippen LogP contribution in [0.3, 0.4) is 0 Å². The van der Waals surface area contributed by atoms with Gasteiger partial charge in [-0.05, 0) is 13.3 Å². The van der Waals surface area contributed by atoms with E-state index in [2.05, 4.69) is 14.9 Å². The zero-order valence-electron chi connectivity index (χ0n) is 12.8. The number of hydrogen-bond acceptors (Lipinski definition) is 5. The van der Waals surface area contributed by atoms with Crippen LogP contribution >= 0.6 is 0 Å². The lowest BCUT2D eigenvalue weighted by molar-refractivity contribution is -0.123. The van der Waals surface area contributed by atoms with Crippen LogP contribution < -0.4 is 5.32 Å². The standard InChI is InChI=1S/C14H22N4O3S/c1-11-8-18-9-12(2-3-13(18)15-11)16-14(19)10-17-4-6-22(20,21)7-5-17/h8,12H,2-7,9-10H2,1H3,(H,16,19)/t12-/m1/s1. The molecule has 0 aliphatic carbocycles. The fourth-order valence-corrected chi connectivity index (χ4v) is 4.37. The Morgan fingerprint density at radius 2 is 2.14 bits per heavy atom. The molecule has 1 aromatic heterocycles. The van der Waals surface area contributed by atoms with Gasteiger partial charge < -0.3 is 9.88 Å². The Labute approximate surface area is 130 Å². The summed E-state index contributed by atoms with van der Waals surface area (Å²) in [5, 5.41) is 3.06. The molecule has 1 fully saturated rings. The zero-order valence-corrected chi connectivity index (χ0v) is 13.6. The van der Waals surface area contributed by atoms with Crippen molar-refractivity contribution in [2.75, 3.05) is 31.1 Å². The largest absolute Gasteiger partial charge is 0.350 e. The number of amides is 1. The first-order valence-electron chi connectivity index (χ1n) is 7.66. The normalized spacial score (nSPS) is 24.7. The minimum atomic E-state index is -2.89. The summed E-state index contributed by atoms with van der Waals surface area (Å²) in [5.74, 6) is 1.37. The van der Waals surface area contributed by atoms with Crippen LogP contribution in [0.25, 0.3) is 0 Å². The van der Waals surface area contributed by atoms with Gasteiger partial charge in [-0.3, -0.25) is 9.69 Å². The van der Waals surface area contributed by atoms with Gasteiger partial charge in [0.05, 0.1) is 23.7 Å². The van der Waals surface area contributed by atoms with Crippen molar-refractivity contribution in [1.29, 1.82) is 0 Å². The minimum Gasteiger partial charge on any atom is -0.350 e. The van der Waals surface area contributed by atoms with E-state index in [-0.39, 0.29) is 30.0 Å². The predicted octanol–water partition coefficient (Wildman–Crippen LogP) is -0.647. The maximum Gasteiger partial charge on any atom is 0.234 e. The smallest absolute Gasteiger partial charge is 0.234 e. The van der Waals surface area contributed by atoms with E-state index in [9.17, 15) is 13.2 Å². The first-order valence-corrected chi connectivity index (χ1v) is 9.48. The third-order valence-corrected chi connectivity index (χ3v) is 5.89. The number of carbonyl (C=O) groups is 1. The van der Waals surface area contributed by atoms with Gasteiger partial charge in [-0.15, -0.1) is 0 Å². The Hall–Kier alpha value is -1.41. The number of nitrogens with one attached hydrogen (secondary N) is 1. The van der Waals surface area contributed by atoms with E-state index in [1.54, 1.807) is 0 Å². The highest BCUT2D eigenvalue weighted by Crippen LogP contribution is 2.15. The molecule has 1 N–H and O–H groups in total. The molecule has 0 saturated carbocycles. The lowest BCUT2D eigenvalue weighted by atomic mass is 10.1. The number of carbonyl (C=O) groups excluding carboxylic acids is 1. The summed E-state index contributed by atoms with van der Waals surface area (Å²) in [6.45, 7) is 3.91. The van der Waals surface area contributed by atoms with E-state index in [0.29, 0.717) is 13.1 Å². The second-order valence-electron chi connectivity index (χ2n) is 6.18. The SMILES string of the molecule is Cc1cn2c(n1)CC[C@@H](NC(=O)CN1CCS(=O)(=O)CC1)C2. The van der Waals surface area contributed by atoms with Gasteiger partial charge in [-0.2, -0.15) is 0 Å². The molecule has 0 radical (unpaired) electrons. The van der Waals surface area contributed by atoms with Crippen LogP contribution in [0.5, 0.6) is 0 Å². The van der Waals surface area contributed by atoms with Crippen molar-refractivity contribution in [2.24, 2.45) is 0 Å². The van der Waals surface area contributed by atoms with E-state index in [1.807, 2.05) is 18.0 Å². The molecule has 8 heteroatoms. The second kappa shape index (κ2) is 6.00. The van der Waals surface area contributed by atoms with Crippen molar-refractivity contribution in [3.05, 3.63) is 17.7 Å². The Kier molecular flexibility index (Phi) is 4.22. The molecule has 3 heterocycles. The Morgan fingerprint density at radius 1 is 1.41 bits per heavy atom. The van der Waals surface area contributed by atoms with E-state index in [4.69, 9.17) is 0 Å². The van der Waals surface area contributed by atoms with Gasteiger partial charge in [0.2, 0.25) is 5.91 Å². The minimum absolute atomic E-state index is 0.0235. The number of nitrogens with zero attached hydrogens (tertiary/aromatic N) is 3. The summed E-state index contributed by atoms with van der Waals surface area (Å²) >= 11 is 0. The van der Waals surface area contributed by atoms with Crippen LogP contribution in [0.4, 0.5) is 0 Å². The molecule has 1 aromatic rings. The number of hydrogen-bond donors (Lipinski definition) is 1. The summed E-state index contributed by atoms with van der Waals surface area (Å²) in [7, 11) is -2.89. The molecule has 1 saturated heterocycles. The van der Waals surface area contributed by atoms with Crippen LogP contribution in [0, 0.1) is 6.92 Å². The van der Waals surface area contributed by atoms with Crippen molar-refractivity contribution in [3.8, 4) is 0 Å². The highest BCUT2D eigenvalue weighted by molar-refractivity contribution is 7.91. The van der Waals surface area contributed by atoms with Gasteiger partial charge in [0.25, 0.3) is 0 Å². The molecule has 22 heavy (non-hydrogen) atoms. The number of imidazole rings is 1. The summed E-state index contributed by atoms with van der Waals surface area (Å²) < 4.78 is 24.9. The molecule has 0 unspecified atom stereocenters. The van der Waals surface area contributed by atoms with Gasteiger partial charge in [0.1, 0.15) is 5.82 Å². The van der Waals surface area contributed by atoms with Gasteiger partial charge >= 0.3 is 0 Å². The van der Waals surface area contributed by atoms with E-state index in [0.717, 1.165) is 30.9 Å². The van der Waals surface area contributed by atoms with Crippen molar-refractivity contribution in [3.63, 3.8) is 0 Å². The zero-order chi connectivity index (χ0) is 15.7. The Bertz CT molecular complexity index is 654. The summed E-state index contributed by atoms with van der Waals surface area (Å²) in [6.07, 6.45) is 3.79. The quantitative estimate of drug-likeness (QED) is 0.798. The molecule has 0 aromatic carbocycles. The monoisotopic (exact) mass is 326 g/mol. The lowest BCUT2D eigenvalue weighted by Gasteiger charge is -2.28. The van der Waals surface area contributed by atoms with Crippen LogP contribution in [0.15, 0.2) is 6.20 Å².